The van der Waals surface area contributed by atoms with E-state index in [0.29, 0.717) is 19.7 Å². The molecule has 0 saturated heterocycles. The van der Waals surface area contributed by atoms with Crippen molar-refractivity contribution in [2.24, 2.45) is 10.7 Å². The highest BCUT2D eigenvalue weighted by Gasteiger charge is 2.30. The van der Waals surface area contributed by atoms with Crippen LogP contribution in [0, 0.1) is 0 Å². The summed E-state index contributed by atoms with van der Waals surface area (Å²) in [6, 6.07) is 13.4. The largest absolute Gasteiger partial charge is 0.573 e. The summed E-state index contributed by atoms with van der Waals surface area (Å²) in [6.45, 7) is 1.28. The summed E-state index contributed by atoms with van der Waals surface area (Å²) in [6.07, 6.45) is -4.70. The van der Waals surface area contributed by atoms with Crippen molar-refractivity contribution in [1.82, 2.24) is 5.32 Å². The summed E-state index contributed by atoms with van der Waals surface area (Å²) >= 11 is 0. The summed E-state index contributed by atoms with van der Waals surface area (Å²) < 4.78 is 45.2. The lowest BCUT2D eigenvalue weighted by atomic mass is 10.1. The number of ether oxygens (including phenoxy) is 2. The number of nitrogens with zero attached hydrogens (tertiary/aromatic N) is 1. The predicted octanol–water partition coefficient (Wildman–Crippen LogP) is 3.34. The Hall–Kier alpha value is -2.74. The molecule has 0 radical (unpaired) electrons. The normalized spacial score (nSPS) is 12.1. The Balaban J connectivity index is 1.85. The average Bonchev–Trinajstić information content (AvgIpc) is 2.59. The molecule has 2 aromatic rings. The summed E-state index contributed by atoms with van der Waals surface area (Å²) in [5.41, 5.74) is 8.62. The molecule has 3 N–H and O–H groups in total. The van der Waals surface area contributed by atoms with Gasteiger partial charge in [0.05, 0.1) is 13.2 Å². The van der Waals surface area contributed by atoms with Crippen molar-refractivity contribution >= 4 is 5.96 Å². The van der Waals surface area contributed by atoms with E-state index in [0.717, 1.165) is 16.7 Å². The van der Waals surface area contributed by atoms with Crippen LogP contribution in [-0.2, 0) is 24.4 Å². The second-order valence-corrected chi connectivity index (χ2v) is 5.50. The van der Waals surface area contributed by atoms with Gasteiger partial charge in [-0.3, -0.25) is 0 Å². The number of halogens is 3. The predicted molar refractivity (Wildman–Crippen MR) is 92.4 cm³/mol. The number of guanidine groups is 1. The Kier molecular flexibility index (Phi) is 6.85. The van der Waals surface area contributed by atoms with Gasteiger partial charge in [-0.25, -0.2) is 4.99 Å². The number of aliphatic imine (C=N–C) groups is 1. The lowest BCUT2D eigenvalue weighted by Crippen LogP contribution is -2.31. The first-order valence-electron chi connectivity index (χ1n) is 7.81. The molecular weight excluding hydrogens is 347 g/mol. The van der Waals surface area contributed by atoms with E-state index in [1.165, 1.54) is 24.3 Å². The molecule has 8 heteroatoms. The van der Waals surface area contributed by atoms with E-state index in [9.17, 15) is 13.2 Å². The minimum atomic E-state index is -4.70. The fourth-order valence-corrected chi connectivity index (χ4v) is 2.22. The fourth-order valence-electron chi connectivity index (χ4n) is 2.22. The molecule has 0 aliphatic carbocycles. The molecule has 140 valence electrons. The van der Waals surface area contributed by atoms with Gasteiger partial charge in [-0.05, 0) is 28.8 Å². The zero-order chi connectivity index (χ0) is 19.0. The van der Waals surface area contributed by atoms with Crippen LogP contribution in [0.1, 0.15) is 16.7 Å². The SMILES string of the molecule is COCc1cccc(CN=C(N)NCc2ccc(OC(F)(F)F)cc2)c1. The van der Waals surface area contributed by atoms with Gasteiger partial charge in [0.25, 0.3) is 0 Å². The third-order valence-corrected chi connectivity index (χ3v) is 3.36. The number of rotatable bonds is 7. The Labute approximate surface area is 149 Å². The molecule has 0 aliphatic rings. The minimum absolute atomic E-state index is 0.248. The van der Waals surface area contributed by atoms with Crippen LogP contribution in [0.5, 0.6) is 5.75 Å². The molecule has 0 spiro atoms. The number of alkyl halides is 3. The van der Waals surface area contributed by atoms with Gasteiger partial charge in [0, 0.05) is 13.7 Å². The van der Waals surface area contributed by atoms with Crippen molar-refractivity contribution in [2.75, 3.05) is 7.11 Å². The van der Waals surface area contributed by atoms with E-state index in [1.54, 1.807) is 7.11 Å². The molecule has 0 aliphatic heterocycles. The molecule has 5 nitrogen and oxygen atoms in total. The first-order chi connectivity index (χ1) is 12.4. The topological polar surface area (TPSA) is 68.9 Å². The third kappa shape index (κ3) is 7.02. The number of hydrogen-bond donors (Lipinski definition) is 2. The molecule has 0 fully saturated rings. The van der Waals surface area contributed by atoms with Crippen molar-refractivity contribution in [3.05, 3.63) is 65.2 Å². The molecule has 2 rings (SSSR count). The van der Waals surface area contributed by atoms with Crippen LogP contribution in [0.2, 0.25) is 0 Å². The molecule has 0 unspecified atom stereocenters. The number of nitrogens with two attached hydrogens (primary N) is 1. The quantitative estimate of drug-likeness (QED) is 0.582. The highest BCUT2D eigenvalue weighted by atomic mass is 19.4. The van der Waals surface area contributed by atoms with E-state index in [1.807, 2.05) is 24.3 Å². The smallest absolute Gasteiger partial charge is 0.406 e. The second kappa shape index (κ2) is 9.10. The zero-order valence-corrected chi connectivity index (χ0v) is 14.2. The van der Waals surface area contributed by atoms with Crippen LogP contribution < -0.4 is 15.8 Å². The van der Waals surface area contributed by atoms with Gasteiger partial charge >= 0.3 is 6.36 Å². The highest BCUT2D eigenvalue weighted by Crippen LogP contribution is 2.22. The van der Waals surface area contributed by atoms with E-state index < -0.39 is 6.36 Å². The number of hydrogen-bond acceptors (Lipinski definition) is 3. The van der Waals surface area contributed by atoms with Gasteiger partial charge < -0.3 is 20.5 Å². The molecule has 0 bridgehead atoms. The summed E-state index contributed by atoms with van der Waals surface area (Å²) in [5, 5.41) is 2.92. The Bertz CT molecular complexity index is 731. The molecule has 0 aromatic heterocycles. The van der Waals surface area contributed by atoms with Crippen LogP contribution >= 0.6 is 0 Å². The summed E-state index contributed by atoms with van der Waals surface area (Å²) in [4.78, 5) is 4.25. The van der Waals surface area contributed by atoms with E-state index in [2.05, 4.69) is 15.0 Å². The molecule has 0 heterocycles. The molecule has 2 aromatic carbocycles. The summed E-state index contributed by atoms with van der Waals surface area (Å²) in [5.74, 6) is -0.0170. The highest BCUT2D eigenvalue weighted by molar-refractivity contribution is 5.77. The van der Waals surface area contributed by atoms with Gasteiger partial charge in [-0.2, -0.15) is 0 Å². The van der Waals surface area contributed by atoms with Crippen LogP contribution in [0.15, 0.2) is 53.5 Å². The summed E-state index contributed by atoms with van der Waals surface area (Å²) in [7, 11) is 1.63. The van der Waals surface area contributed by atoms with Crippen LogP contribution in [-0.4, -0.2) is 19.4 Å². The molecule has 26 heavy (non-hydrogen) atoms. The van der Waals surface area contributed by atoms with Gasteiger partial charge in [-0.15, -0.1) is 13.2 Å². The van der Waals surface area contributed by atoms with Crippen molar-refractivity contribution in [1.29, 1.82) is 0 Å². The van der Waals surface area contributed by atoms with E-state index >= 15 is 0 Å². The van der Waals surface area contributed by atoms with Crippen molar-refractivity contribution in [3.63, 3.8) is 0 Å². The van der Waals surface area contributed by atoms with Gasteiger partial charge in [0.1, 0.15) is 5.75 Å². The lowest BCUT2D eigenvalue weighted by molar-refractivity contribution is -0.274. The number of nitrogens with one attached hydrogen (secondary N) is 1. The maximum absolute atomic E-state index is 12.1. The van der Waals surface area contributed by atoms with Crippen molar-refractivity contribution in [2.45, 2.75) is 26.1 Å². The monoisotopic (exact) mass is 367 g/mol. The van der Waals surface area contributed by atoms with Gasteiger partial charge in [0.15, 0.2) is 5.96 Å². The van der Waals surface area contributed by atoms with Crippen molar-refractivity contribution in [3.8, 4) is 5.75 Å². The molecule has 0 amide bonds. The maximum Gasteiger partial charge on any atom is 0.573 e. The Morgan fingerprint density at radius 1 is 1.08 bits per heavy atom. The third-order valence-electron chi connectivity index (χ3n) is 3.36. The maximum atomic E-state index is 12.1. The fraction of sp³-hybridized carbons (Fsp3) is 0.278. The average molecular weight is 367 g/mol. The second-order valence-electron chi connectivity index (χ2n) is 5.50. The lowest BCUT2D eigenvalue weighted by Gasteiger charge is -2.10. The van der Waals surface area contributed by atoms with Gasteiger partial charge in [0.2, 0.25) is 0 Å². The number of benzene rings is 2. The van der Waals surface area contributed by atoms with Crippen LogP contribution in [0.4, 0.5) is 13.2 Å². The number of methoxy groups -OCH3 is 1. The van der Waals surface area contributed by atoms with Crippen LogP contribution in [0.25, 0.3) is 0 Å². The molecule has 0 saturated carbocycles. The van der Waals surface area contributed by atoms with Crippen LogP contribution in [0.3, 0.4) is 0 Å². The molecule has 0 atom stereocenters. The first-order valence-corrected chi connectivity index (χ1v) is 7.81. The van der Waals surface area contributed by atoms with E-state index in [-0.39, 0.29) is 11.7 Å². The Morgan fingerprint density at radius 2 is 1.77 bits per heavy atom. The van der Waals surface area contributed by atoms with Gasteiger partial charge in [-0.1, -0.05) is 36.4 Å². The van der Waals surface area contributed by atoms with Crippen molar-refractivity contribution < 1.29 is 22.6 Å². The zero-order valence-electron chi connectivity index (χ0n) is 14.2. The van der Waals surface area contributed by atoms with E-state index in [4.69, 9.17) is 10.5 Å². The standard InChI is InChI=1S/C18H20F3N3O2/c1-25-12-15-4-2-3-14(9-15)11-24-17(22)23-10-13-5-7-16(8-6-13)26-18(19,20)21/h2-9H,10-12H2,1H3,(H3,22,23,24). The first kappa shape index (κ1) is 19.6. The minimum Gasteiger partial charge on any atom is -0.406 e. The Morgan fingerprint density at radius 3 is 2.42 bits per heavy atom. The molecular formula is C18H20F3N3O2.